The second-order valence-electron chi connectivity index (χ2n) is 4.31. The molecule has 3 rings (SSSR count). The number of carbonyl (C=O) groups excluding carboxylic acids is 1. The Morgan fingerprint density at radius 3 is 2.89 bits per heavy atom. The van der Waals surface area contributed by atoms with Crippen LogP contribution >= 0.6 is 0 Å². The molecule has 0 aromatic heterocycles. The summed E-state index contributed by atoms with van der Waals surface area (Å²) in [7, 11) is 0. The number of ether oxygens (including phenoxy) is 2. The van der Waals surface area contributed by atoms with Crippen LogP contribution in [0.5, 0.6) is 11.5 Å². The molecule has 0 bridgehead atoms. The monoisotopic (exact) mass is 249 g/mol. The molecule has 0 saturated carbocycles. The van der Waals surface area contributed by atoms with Gasteiger partial charge in [0.25, 0.3) is 0 Å². The normalized spacial score (nSPS) is 25.0. The lowest BCUT2D eigenvalue weighted by molar-refractivity contribution is -0.142. The van der Waals surface area contributed by atoms with Gasteiger partial charge in [0.2, 0.25) is 12.7 Å². The second kappa shape index (κ2) is 3.90. The highest BCUT2D eigenvalue weighted by molar-refractivity contribution is 5.87. The van der Waals surface area contributed by atoms with Crippen LogP contribution < -0.4 is 14.8 Å². The van der Waals surface area contributed by atoms with Crippen molar-refractivity contribution >= 4 is 11.9 Å². The third-order valence-electron chi connectivity index (χ3n) is 3.20. The van der Waals surface area contributed by atoms with Gasteiger partial charge in [-0.2, -0.15) is 0 Å². The Hall–Kier alpha value is -2.24. The van der Waals surface area contributed by atoms with E-state index in [4.69, 9.17) is 14.6 Å². The molecular formula is C12H11NO5. The molecule has 2 atom stereocenters. The van der Waals surface area contributed by atoms with E-state index in [0.717, 1.165) is 5.56 Å². The number of carbonyl (C=O) groups is 2. The topological polar surface area (TPSA) is 84.9 Å². The molecule has 0 spiro atoms. The fourth-order valence-corrected chi connectivity index (χ4v) is 2.30. The van der Waals surface area contributed by atoms with Crippen LogP contribution in [0, 0.1) is 5.92 Å². The predicted octanol–water partition coefficient (Wildman–Crippen LogP) is 0.677. The molecule has 2 aliphatic heterocycles. The first-order valence-corrected chi connectivity index (χ1v) is 5.57. The van der Waals surface area contributed by atoms with Crippen LogP contribution in [-0.4, -0.2) is 23.8 Å². The molecule has 6 nitrogen and oxygen atoms in total. The van der Waals surface area contributed by atoms with Crippen molar-refractivity contribution in [3.8, 4) is 11.5 Å². The first-order chi connectivity index (χ1) is 8.65. The highest BCUT2D eigenvalue weighted by Crippen LogP contribution is 2.37. The molecule has 1 fully saturated rings. The van der Waals surface area contributed by atoms with E-state index in [0.29, 0.717) is 11.5 Å². The van der Waals surface area contributed by atoms with E-state index in [-0.39, 0.29) is 19.1 Å². The van der Waals surface area contributed by atoms with Gasteiger partial charge in [-0.25, -0.2) is 0 Å². The van der Waals surface area contributed by atoms with Gasteiger partial charge >= 0.3 is 5.97 Å². The summed E-state index contributed by atoms with van der Waals surface area (Å²) in [6.45, 7) is 0.165. The Bertz CT molecular complexity index is 527. The quantitative estimate of drug-likeness (QED) is 0.805. The Balaban J connectivity index is 1.94. The van der Waals surface area contributed by atoms with Crippen molar-refractivity contribution in [3.63, 3.8) is 0 Å². The Morgan fingerprint density at radius 1 is 1.33 bits per heavy atom. The van der Waals surface area contributed by atoms with Crippen molar-refractivity contribution in [2.45, 2.75) is 12.5 Å². The van der Waals surface area contributed by atoms with Gasteiger partial charge in [0.05, 0.1) is 12.0 Å². The van der Waals surface area contributed by atoms with Crippen LogP contribution in [0.15, 0.2) is 18.2 Å². The Kier molecular flexibility index (Phi) is 2.36. The summed E-state index contributed by atoms with van der Waals surface area (Å²) < 4.78 is 10.4. The zero-order chi connectivity index (χ0) is 12.7. The van der Waals surface area contributed by atoms with Gasteiger partial charge in [-0.3, -0.25) is 9.59 Å². The van der Waals surface area contributed by atoms with Crippen molar-refractivity contribution in [2.24, 2.45) is 5.92 Å². The summed E-state index contributed by atoms with van der Waals surface area (Å²) in [5.41, 5.74) is 0.720. The van der Waals surface area contributed by atoms with Crippen LogP contribution in [0.25, 0.3) is 0 Å². The number of rotatable bonds is 2. The largest absolute Gasteiger partial charge is 0.481 e. The zero-order valence-corrected chi connectivity index (χ0v) is 9.38. The number of nitrogens with one attached hydrogen (secondary N) is 1. The second-order valence-corrected chi connectivity index (χ2v) is 4.31. The number of hydrogen-bond acceptors (Lipinski definition) is 4. The van der Waals surface area contributed by atoms with Crippen LogP contribution in [0.4, 0.5) is 0 Å². The molecule has 1 amide bonds. The molecule has 94 valence electrons. The van der Waals surface area contributed by atoms with Crippen LogP contribution in [0.3, 0.4) is 0 Å². The summed E-state index contributed by atoms with van der Waals surface area (Å²) in [4.78, 5) is 22.5. The van der Waals surface area contributed by atoms with Crippen molar-refractivity contribution in [1.82, 2.24) is 5.32 Å². The molecule has 0 aliphatic carbocycles. The fourth-order valence-electron chi connectivity index (χ4n) is 2.30. The van der Waals surface area contributed by atoms with E-state index in [1.165, 1.54) is 0 Å². The highest BCUT2D eigenvalue weighted by atomic mass is 16.7. The summed E-state index contributed by atoms with van der Waals surface area (Å²) in [6.07, 6.45) is 0.00837. The summed E-state index contributed by atoms with van der Waals surface area (Å²) in [5.74, 6) is -0.744. The first kappa shape index (κ1) is 10.9. The summed E-state index contributed by atoms with van der Waals surface area (Å²) >= 11 is 0. The van der Waals surface area contributed by atoms with Gasteiger partial charge in [0.1, 0.15) is 0 Å². The number of fused-ring (bicyclic) bond motifs is 1. The predicted molar refractivity (Wildman–Crippen MR) is 59.2 cm³/mol. The average molecular weight is 249 g/mol. The smallest absolute Gasteiger partial charge is 0.309 e. The maximum absolute atomic E-state index is 11.3. The maximum Gasteiger partial charge on any atom is 0.309 e. The van der Waals surface area contributed by atoms with Gasteiger partial charge in [-0.15, -0.1) is 0 Å². The molecule has 6 heteroatoms. The van der Waals surface area contributed by atoms with Gasteiger partial charge < -0.3 is 19.9 Å². The SMILES string of the molecule is O=C1CC(C(=O)O)C(c2ccc3c(c2)OCO3)N1. The van der Waals surface area contributed by atoms with E-state index in [1.54, 1.807) is 18.2 Å². The van der Waals surface area contributed by atoms with Gasteiger partial charge in [0.15, 0.2) is 11.5 Å². The number of carboxylic acids is 1. The highest BCUT2D eigenvalue weighted by Gasteiger charge is 2.38. The Labute approximate surface area is 103 Å². The van der Waals surface area contributed by atoms with Gasteiger partial charge in [0, 0.05) is 6.42 Å². The van der Waals surface area contributed by atoms with E-state index in [2.05, 4.69) is 5.32 Å². The van der Waals surface area contributed by atoms with Crippen LogP contribution in [-0.2, 0) is 9.59 Å². The molecule has 0 radical (unpaired) electrons. The maximum atomic E-state index is 11.3. The zero-order valence-electron chi connectivity index (χ0n) is 9.38. The molecule has 2 N–H and O–H groups in total. The number of aliphatic carboxylic acids is 1. The standard InChI is InChI=1S/C12H11NO5/c14-10-4-7(12(15)16)11(13-10)6-1-2-8-9(3-6)18-5-17-8/h1-3,7,11H,4-5H2,(H,13,14)(H,15,16). The molecule has 1 aromatic rings. The lowest BCUT2D eigenvalue weighted by Crippen LogP contribution is -2.24. The molecule has 2 unspecified atom stereocenters. The van der Waals surface area contributed by atoms with Crippen molar-refractivity contribution in [3.05, 3.63) is 23.8 Å². The van der Waals surface area contributed by atoms with Crippen molar-refractivity contribution in [1.29, 1.82) is 0 Å². The lowest BCUT2D eigenvalue weighted by atomic mass is 9.94. The van der Waals surface area contributed by atoms with E-state index in [9.17, 15) is 9.59 Å². The van der Waals surface area contributed by atoms with Gasteiger partial charge in [-0.1, -0.05) is 6.07 Å². The fraction of sp³-hybridized carbons (Fsp3) is 0.333. The van der Waals surface area contributed by atoms with Crippen molar-refractivity contribution < 1.29 is 24.2 Å². The minimum Gasteiger partial charge on any atom is -0.481 e. The average Bonchev–Trinajstić information content (AvgIpc) is 2.93. The molecular weight excluding hydrogens is 238 g/mol. The summed E-state index contributed by atoms with van der Waals surface area (Å²) in [6, 6.07) is 4.68. The molecule has 1 saturated heterocycles. The third kappa shape index (κ3) is 1.66. The number of carboxylic acid groups (broad SMARTS) is 1. The minimum absolute atomic E-state index is 0.00837. The van der Waals surface area contributed by atoms with Crippen LogP contribution in [0.1, 0.15) is 18.0 Å². The molecule has 18 heavy (non-hydrogen) atoms. The van der Waals surface area contributed by atoms with Gasteiger partial charge in [-0.05, 0) is 17.7 Å². The molecule has 1 aromatic carbocycles. The number of hydrogen-bond donors (Lipinski definition) is 2. The molecule has 2 heterocycles. The minimum atomic E-state index is -0.976. The first-order valence-electron chi connectivity index (χ1n) is 5.57. The van der Waals surface area contributed by atoms with Crippen molar-refractivity contribution in [2.75, 3.05) is 6.79 Å². The number of benzene rings is 1. The van der Waals surface area contributed by atoms with E-state index < -0.39 is 17.9 Å². The third-order valence-corrected chi connectivity index (χ3v) is 3.20. The van der Waals surface area contributed by atoms with E-state index in [1.807, 2.05) is 0 Å². The van der Waals surface area contributed by atoms with Crippen LogP contribution in [0.2, 0.25) is 0 Å². The number of amides is 1. The Morgan fingerprint density at radius 2 is 2.11 bits per heavy atom. The van der Waals surface area contributed by atoms with E-state index >= 15 is 0 Å². The molecule has 2 aliphatic rings. The lowest BCUT2D eigenvalue weighted by Gasteiger charge is -2.16. The summed E-state index contributed by atoms with van der Waals surface area (Å²) in [5, 5.41) is 11.8.